The zero-order valence-corrected chi connectivity index (χ0v) is 13.3. The van der Waals surface area contributed by atoms with Gasteiger partial charge >= 0.3 is 0 Å². The predicted octanol–water partition coefficient (Wildman–Crippen LogP) is 0.862. The van der Waals surface area contributed by atoms with Crippen LogP contribution in [0.2, 0.25) is 0 Å². The first-order valence-electron chi connectivity index (χ1n) is 8.15. The minimum Gasteiger partial charge on any atom is -0.468 e. The van der Waals surface area contributed by atoms with Gasteiger partial charge in [0.05, 0.1) is 12.3 Å². The molecule has 0 saturated carbocycles. The smallest absolute Gasteiger partial charge is 0.122 e. The molecular formula is C16H28N4O. The van der Waals surface area contributed by atoms with Gasteiger partial charge in [-0.3, -0.25) is 9.80 Å². The molecule has 2 fully saturated rings. The zero-order valence-electron chi connectivity index (χ0n) is 13.3. The van der Waals surface area contributed by atoms with Gasteiger partial charge in [0.1, 0.15) is 5.76 Å². The second kappa shape index (κ2) is 6.92. The van der Waals surface area contributed by atoms with E-state index in [4.69, 9.17) is 4.42 Å². The average molecular weight is 292 g/mol. The highest BCUT2D eigenvalue weighted by Crippen LogP contribution is 2.25. The van der Waals surface area contributed by atoms with Crippen molar-refractivity contribution in [1.82, 2.24) is 20.0 Å². The molecule has 2 aliphatic heterocycles. The van der Waals surface area contributed by atoms with Crippen LogP contribution in [0.25, 0.3) is 0 Å². The molecule has 5 nitrogen and oxygen atoms in total. The van der Waals surface area contributed by atoms with Crippen molar-refractivity contribution < 1.29 is 4.42 Å². The van der Waals surface area contributed by atoms with Crippen LogP contribution in [-0.4, -0.2) is 80.1 Å². The zero-order chi connectivity index (χ0) is 14.7. The maximum atomic E-state index is 5.76. The lowest BCUT2D eigenvalue weighted by Gasteiger charge is -2.42. The number of rotatable bonds is 4. The van der Waals surface area contributed by atoms with Crippen molar-refractivity contribution in [1.29, 1.82) is 0 Å². The Balaban J connectivity index is 1.70. The highest BCUT2D eigenvalue weighted by molar-refractivity contribution is 5.07. The van der Waals surface area contributed by atoms with Gasteiger partial charge in [0.15, 0.2) is 0 Å². The Hall–Kier alpha value is -0.880. The van der Waals surface area contributed by atoms with Crippen molar-refractivity contribution in [2.45, 2.75) is 19.0 Å². The maximum Gasteiger partial charge on any atom is 0.122 e. The predicted molar refractivity (Wildman–Crippen MR) is 84.4 cm³/mol. The van der Waals surface area contributed by atoms with E-state index in [0.29, 0.717) is 12.1 Å². The molecule has 21 heavy (non-hydrogen) atoms. The summed E-state index contributed by atoms with van der Waals surface area (Å²) in [6, 6.07) is 5.08. The Bertz CT molecular complexity index is 414. The first kappa shape index (κ1) is 15.0. The summed E-state index contributed by atoms with van der Waals surface area (Å²) in [4.78, 5) is 7.60. The van der Waals surface area contributed by atoms with Gasteiger partial charge in [0, 0.05) is 58.4 Å². The van der Waals surface area contributed by atoms with Crippen LogP contribution in [0.4, 0.5) is 0 Å². The fourth-order valence-electron chi connectivity index (χ4n) is 3.43. The molecule has 0 aromatic carbocycles. The molecule has 2 unspecified atom stereocenters. The third-order valence-corrected chi connectivity index (χ3v) is 4.85. The lowest BCUT2D eigenvalue weighted by molar-refractivity contribution is 0.0562. The van der Waals surface area contributed by atoms with Gasteiger partial charge in [0.25, 0.3) is 0 Å². The summed E-state index contributed by atoms with van der Waals surface area (Å²) in [6.45, 7) is 11.3. The Morgan fingerprint density at radius 3 is 2.76 bits per heavy atom. The van der Waals surface area contributed by atoms with E-state index in [2.05, 4.69) is 40.1 Å². The minimum absolute atomic E-state index is 0.375. The SMILES string of the molecule is CC1CNCCN1C(CN1CCN(C)CC1)c1ccco1. The number of hydrogen-bond acceptors (Lipinski definition) is 5. The van der Waals surface area contributed by atoms with Crippen LogP contribution in [0, 0.1) is 0 Å². The number of hydrogen-bond donors (Lipinski definition) is 1. The summed E-state index contributed by atoms with van der Waals surface area (Å²) in [5.74, 6) is 1.11. The molecule has 0 bridgehead atoms. The number of piperazine rings is 2. The fraction of sp³-hybridized carbons (Fsp3) is 0.750. The first-order valence-corrected chi connectivity index (χ1v) is 8.15. The van der Waals surface area contributed by atoms with Crippen molar-refractivity contribution in [3.8, 4) is 0 Å². The molecule has 5 heteroatoms. The Morgan fingerprint density at radius 2 is 2.10 bits per heavy atom. The quantitative estimate of drug-likeness (QED) is 0.890. The molecule has 3 rings (SSSR count). The Kier molecular flexibility index (Phi) is 4.95. The van der Waals surface area contributed by atoms with E-state index in [-0.39, 0.29) is 0 Å². The van der Waals surface area contributed by atoms with Crippen LogP contribution in [-0.2, 0) is 0 Å². The average Bonchev–Trinajstić information content (AvgIpc) is 3.02. The first-order chi connectivity index (χ1) is 10.2. The Labute approximate surface area is 127 Å². The van der Waals surface area contributed by atoms with Crippen LogP contribution in [0.1, 0.15) is 18.7 Å². The summed E-state index contributed by atoms with van der Waals surface area (Å²) >= 11 is 0. The van der Waals surface area contributed by atoms with Crippen LogP contribution >= 0.6 is 0 Å². The van der Waals surface area contributed by atoms with Gasteiger partial charge in [-0.1, -0.05) is 0 Å². The summed E-state index contributed by atoms with van der Waals surface area (Å²) < 4.78 is 5.76. The molecule has 0 aliphatic carbocycles. The number of nitrogens with one attached hydrogen (secondary N) is 1. The standard InChI is InChI=1S/C16H28N4O/c1-14-12-17-5-6-20(14)15(16-4-3-11-21-16)13-19-9-7-18(2)8-10-19/h3-4,11,14-15,17H,5-10,12-13H2,1-2H3. The van der Waals surface area contributed by atoms with Gasteiger partial charge in [-0.25, -0.2) is 0 Å². The fourth-order valence-corrected chi connectivity index (χ4v) is 3.43. The van der Waals surface area contributed by atoms with E-state index in [0.717, 1.165) is 45.0 Å². The number of nitrogens with zero attached hydrogens (tertiary/aromatic N) is 3. The van der Waals surface area contributed by atoms with Crippen molar-refractivity contribution >= 4 is 0 Å². The normalized spacial score (nSPS) is 27.8. The van der Waals surface area contributed by atoms with Crippen molar-refractivity contribution in [2.24, 2.45) is 0 Å². The largest absolute Gasteiger partial charge is 0.468 e. The van der Waals surface area contributed by atoms with Gasteiger partial charge in [-0.05, 0) is 26.1 Å². The number of likely N-dealkylation sites (N-methyl/N-ethyl adjacent to an activating group) is 1. The molecule has 118 valence electrons. The molecule has 3 heterocycles. The molecule has 2 aliphatic rings. The molecule has 2 saturated heterocycles. The second-order valence-electron chi connectivity index (χ2n) is 6.43. The van der Waals surface area contributed by atoms with E-state index in [1.54, 1.807) is 6.26 Å². The molecule has 1 aromatic heterocycles. The van der Waals surface area contributed by atoms with Crippen LogP contribution in [0.3, 0.4) is 0 Å². The Morgan fingerprint density at radius 1 is 1.29 bits per heavy atom. The van der Waals surface area contributed by atoms with E-state index in [9.17, 15) is 0 Å². The minimum atomic E-state index is 0.375. The lowest BCUT2D eigenvalue weighted by Crippen LogP contribution is -2.54. The molecule has 0 radical (unpaired) electrons. The molecule has 0 amide bonds. The molecule has 2 atom stereocenters. The van der Waals surface area contributed by atoms with E-state index in [1.165, 1.54) is 13.1 Å². The van der Waals surface area contributed by atoms with Crippen LogP contribution in [0.5, 0.6) is 0 Å². The van der Waals surface area contributed by atoms with Crippen molar-refractivity contribution in [2.75, 3.05) is 59.4 Å². The van der Waals surface area contributed by atoms with Crippen molar-refractivity contribution in [3.05, 3.63) is 24.2 Å². The van der Waals surface area contributed by atoms with Crippen molar-refractivity contribution in [3.63, 3.8) is 0 Å². The molecule has 0 spiro atoms. The summed E-state index contributed by atoms with van der Waals surface area (Å²) in [6.07, 6.45) is 1.80. The lowest BCUT2D eigenvalue weighted by atomic mass is 10.1. The van der Waals surface area contributed by atoms with E-state index < -0.39 is 0 Å². The topological polar surface area (TPSA) is 34.9 Å². The van der Waals surface area contributed by atoms with Gasteiger partial charge in [-0.15, -0.1) is 0 Å². The van der Waals surface area contributed by atoms with Gasteiger partial charge in [0.2, 0.25) is 0 Å². The highest BCUT2D eigenvalue weighted by atomic mass is 16.3. The summed E-state index contributed by atoms with van der Waals surface area (Å²) in [7, 11) is 2.21. The second-order valence-corrected chi connectivity index (χ2v) is 6.43. The van der Waals surface area contributed by atoms with E-state index >= 15 is 0 Å². The third kappa shape index (κ3) is 3.66. The monoisotopic (exact) mass is 292 g/mol. The molecule has 1 aromatic rings. The third-order valence-electron chi connectivity index (χ3n) is 4.85. The van der Waals surface area contributed by atoms with Gasteiger partial charge < -0.3 is 14.6 Å². The summed E-state index contributed by atoms with van der Waals surface area (Å²) in [5.41, 5.74) is 0. The molecular weight excluding hydrogens is 264 g/mol. The number of furan rings is 1. The summed E-state index contributed by atoms with van der Waals surface area (Å²) in [5, 5.41) is 3.48. The maximum absolute atomic E-state index is 5.76. The van der Waals surface area contributed by atoms with Gasteiger partial charge in [-0.2, -0.15) is 0 Å². The molecule has 1 N–H and O–H groups in total. The van der Waals surface area contributed by atoms with Crippen LogP contribution in [0.15, 0.2) is 22.8 Å². The van der Waals surface area contributed by atoms with E-state index in [1.807, 2.05) is 6.07 Å². The highest BCUT2D eigenvalue weighted by Gasteiger charge is 2.31. The van der Waals surface area contributed by atoms with Crippen LogP contribution < -0.4 is 5.32 Å².